The Kier molecular flexibility index (Phi) is 16.4. The average Bonchev–Trinajstić information content (AvgIpc) is 3.78. The summed E-state index contributed by atoms with van der Waals surface area (Å²) in [7, 11) is 0. The maximum absolute atomic E-state index is 13.5. The van der Waals surface area contributed by atoms with Crippen LogP contribution in [0.5, 0.6) is 0 Å². The summed E-state index contributed by atoms with van der Waals surface area (Å²) >= 11 is 4.06. The summed E-state index contributed by atoms with van der Waals surface area (Å²) in [5.41, 5.74) is 2.51. The van der Waals surface area contributed by atoms with Gasteiger partial charge in [-0.1, -0.05) is 25.0 Å². The number of hydrogen-bond acceptors (Lipinski definition) is 14. The quantitative estimate of drug-likeness (QED) is 0.0274. The van der Waals surface area contributed by atoms with Crippen LogP contribution in [0.2, 0.25) is 0 Å². The topological polar surface area (TPSA) is 238 Å². The number of piperazine rings is 1. The monoisotopic (exact) mass is 882 g/mol. The number of ether oxygens (including phenoxy) is 2. The van der Waals surface area contributed by atoms with E-state index in [9.17, 15) is 24.0 Å². The Balaban J connectivity index is 0.852. The van der Waals surface area contributed by atoms with Gasteiger partial charge in [0.1, 0.15) is 17.3 Å². The Morgan fingerprint density at radius 2 is 1.65 bits per heavy atom. The molecule has 4 aromatic rings. The van der Waals surface area contributed by atoms with Gasteiger partial charge >= 0.3 is 0 Å². The summed E-state index contributed by atoms with van der Waals surface area (Å²) in [4.78, 5) is 85.6. The van der Waals surface area contributed by atoms with Gasteiger partial charge in [0, 0.05) is 50.3 Å². The third-order valence-electron chi connectivity index (χ3n) is 10.7. The molecule has 0 bridgehead atoms. The summed E-state index contributed by atoms with van der Waals surface area (Å²) < 4.78 is 12.8. The number of aromatic nitrogens is 4. The minimum absolute atomic E-state index is 0.00985. The fraction of sp³-hybridized carbons (Fsp3) is 0.442. The highest BCUT2D eigenvalue weighted by molar-refractivity contribution is 7.97. The summed E-state index contributed by atoms with van der Waals surface area (Å²) in [6.07, 6.45) is 7.30. The highest BCUT2D eigenvalue weighted by Gasteiger charge is 2.26. The Bertz CT molecular complexity index is 2390. The number of hydrogen-bond donors (Lipinski definition) is 6. The van der Waals surface area contributed by atoms with Gasteiger partial charge in [-0.2, -0.15) is 4.98 Å². The first-order chi connectivity index (χ1) is 30.4. The largest absolute Gasteiger partial charge is 0.379 e. The second kappa shape index (κ2) is 22.3. The number of benzene rings is 1. The number of anilines is 4. The van der Waals surface area contributed by atoms with E-state index in [1.807, 2.05) is 12.1 Å². The molecule has 19 nitrogen and oxygen atoms in total. The molecule has 5 N–H and O–H groups in total. The van der Waals surface area contributed by atoms with Crippen molar-refractivity contribution in [2.75, 3.05) is 81.2 Å². The zero-order chi connectivity index (χ0) is 44.9. The summed E-state index contributed by atoms with van der Waals surface area (Å²) in [5.74, 6) is -0.352. The van der Waals surface area contributed by atoms with E-state index >= 15 is 0 Å². The van der Waals surface area contributed by atoms with Crippen molar-refractivity contribution in [2.24, 2.45) is 4.99 Å². The van der Waals surface area contributed by atoms with Gasteiger partial charge in [-0.25, -0.2) is 15.0 Å². The van der Waals surface area contributed by atoms with Crippen LogP contribution in [0.25, 0.3) is 11.0 Å². The van der Waals surface area contributed by atoms with Crippen molar-refractivity contribution in [1.82, 2.24) is 35.1 Å². The zero-order valence-corrected chi connectivity index (χ0v) is 36.6. The summed E-state index contributed by atoms with van der Waals surface area (Å²) in [5, 5.41) is 19.3. The first-order valence-corrected chi connectivity index (χ1v) is 21.4. The number of carbonyl (C=O) groups is 4. The molecule has 334 valence electrons. The maximum Gasteiger partial charge on any atom is 0.263 e. The van der Waals surface area contributed by atoms with Crippen LogP contribution in [0.4, 0.5) is 23.1 Å². The molecule has 0 spiro atoms. The van der Waals surface area contributed by atoms with Crippen LogP contribution < -0.4 is 31.7 Å². The smallest absolute Gasteiger partial charge is 0.263 e. The highest BCUT2D eigenvalue weighted by atomic mass is 32.1. The van der Waals surface area contributed by atoms with Crippen molar-refractivity contribution in [3.8, 4) is 0 Å². The van der Waals surface area contributed by atoms with E-state index in [2.05, 4.69) is 58.7 Å². The molecule has 1 aromatic carbocycles. The molecule has 63 heavy (non-hydrogen) atoms. The summed E-state index contributed by atoms with van der Waals surface area (Å²) in [6.45, 7) is 9.17. The molecule has 0 radical (unpaired) electrons. The van der Waals surface area contributed by atoms with Gasteiger partial charge in [-0.3, -0.25) is 38.8 Å². The zero-order valence-electron chi connectivity index (χ0n) is 35.7. The average molecular weight is 883 g/mol. The first kappa shape index (κ1) is 46.4. The molecule has 3 amide bonds. The molecule has 3 aromatic heterocycles. The van der Waals surface area contributed by atoms with Crippen molar-refractivity contribution < 1.29 is 28.7 Å². The number of rotatable bonds is 18. The van der Waals surface area contributed by atoms with E-state index in [0.29, 0.717) is 66.9 Å². The molecule has 1 aliphatic heterocycles. The standard InChI is InChI=1S/C43H54N12O7S/c1-27-33-25-47-42(51-39(33)55(30-8-4-5-9-30)41(60)38(27)28(2)56)50-35-13-12-31(24-46-35)54-18-16-53(17-19-54)26-37(58)45-15-21-62-23-22-61-20-14-36(57)49-34-11-7-6-10-32(34)40(59)52-43(63)48-29(3)44/h6-7,10-13,24-25,30H,4-5,8-9,14-23,26H2,1-3H3,(H,45,58)(H,49,57)(H,46,47,50,51)(H3,44,48,52,59,63). The number of nitrogens with one attached hydrogen (secondary N) is 5. The maximum atomic E-state index is 13.5. The lowest BCUT2D eigenvalue weighted by Crippen LogP contribution is -2.49. The van der Waals surface area contributed by atoms with Crippen molar-refractivity contribution in [3.05, 3.63) is 75.8 Å². The van der Waals surface area contributed by atoms with Crippen LogP contribution in [0.15, 0.2) is 58.6 Å². The number of ketones is 1. The molecule has 2 fully saturated rings. The summed E-state index contributed by atoms with van der Waals surface area (Å²) in [6, 6.07) is 10.3. The van der Waals surface area contributed by atoms with Crippen molar-refractivity contribution in [2.45, 2.75) is 58.9 Å². The van der Waals surface area contributed by atoms with Gasteiger partial charge in [0.25, 0.3) is 11.5 Å². The Labute approximate surface area is 370 Å². The van der Waals surface area contributed by atoms with Gasteiger partial charge in [0.15, 0.2) is 11.0 Å². The number of thiol groups is 1. The Morgan fingerprint density at radius 1 is 0.921 bits per heavy atom. The predicted molar refractivity (Wildman–Crippen MR) is 244 cm³/mol. The molecule has 6 rings (SSSR count). The molecular formula is C43H54N12O7S. The molecule has 4 heterocycles. The lowest BCUT2D eigenvalue weighted by molar-refractivity contribution is -0.122. The second-order valence-corrected chi connectivity index (χ2v) is 15.7. The minimum Gasteiger partial charge on any atom is -0.379 e. The van der Waals surface area contributed by atoms with Gasteiger partial charge < -0.3 is 35.6 Å². The van der Waals surface area contributed by atoms with E-state index in [1.165, 1.54) is 13.8 Å². The molecule has 0 unspecified atom stereocenters. The highest BCUT2D eigenvalue weighted by Crippen LogP contribution is 2.32. The minimum atomic E-state index is -0.524. The molecule has 1 saturated carbocycles. The molecule has 1 aliphatic carbocycles. The van der Waals surface area contributed by atoms with Gasteiger partial charge in [0.2, 0.25) is 17.8 Å². The van der Waals surface area contributed by atoms with E-state index in [1.54, 1.807) is 48.1 Å². The third-order valence-corrected chi connectivity index (χ3v) is 10.9. The Morgan fingerprint density at radius 3 is 2.35 bits per heavy atom. The number of carbonyl (C=O) groups excluding carboxylic acids is 4. The van der Waals surface area contributed by atoms with Crippen LogP contribution >= 0.6 is 12.6 Å². The van der Waals surface area contributed by atoms with E-state index in [4.69, 9.17) is 19.9 Å². The lowest BCUT2D eigenvalue weighted by Gasteiger charge is -2.35. The normalized spacial score (nSPS) is 14.7. The molecule has 2 aliphatic rings. The van der Waals surface area contributed by atoms with Gasteiger partial charge in [-0.15, -0.1) is 12.6 Å². The Hall–Kier alpha value is -6.09. The number of pyridine rings is 2. The molecule has 20 heteroatoms. The third kappa shape index (κ3) is 12.7. The van der Waals surface area contributed by atoms with Crippen molar-refractivity contribution in [1.29, 1.82) is 5.41 Å². The lowest BCUT2D eigenvalue weighted by atomic mass is 10.0. The van der Waals surface area contributed by atoms with E-state index in [0.717, 1.165) is 44.5 Å². The number of amidine groups is 2. The number of fused-ring (bicyclic) bond motifs is 1. The second-order valence-electron chi connectivity index (χ2n) is 15.3. The van der Waals surface area contributed by atoms with Crippen LogP contribution in [0.1, 0.15) is 78.3 Å². The van der Waals surface area contributed by atoms with Crippen LogP contribution in [-0.4, -0.2) is 125 Å². The number of aryl methyl sites for hydroxylation is 1. The van der Waals surface area contributed by atoms with Crippen LogP contribution in [0, 0.1) is 12.3 Å². The van der Waals surface area contributed by atoms with Gasteiger partial charge in [-0.05, 0) is 63.4 Å². The first-order valence-electron chi connectivity index (χ1n) is 21.0. The van der Waals surface area contributed by atoms with Crippen LogP contribution in [0.3, 0.4) is 0 Å². The number of para-hydroxylation sites is 1. The van der Waals surface area contributed by atoms with E-state index in [-0.39, 0.29) is 77.5 Å². The number of aliphatic imine (C=N–C) groups is 1. The fourth-order valence-electron chi connectivity index (χ4n) is 7.60. The van der Waals surface area contributed by atoms with Crippen molar-refractivity contribution >= 4 is 81.3 Å². The predicted octanol–water partition coefficient (Wildman–Crippen LogP) is 3.87. The van der Waals surface area contributed by atoms with Crippen LogP contribution in [-0.2, 0) is 19.1 Å². The fourth-order valence-corrected chi connectivity index (χ4v) is 7.85. The molecular weight excluding hydrogens is 829 g/mol. The number of amides is 3. The van der Waals surface area contributed by atoms with E-state index < -0.39 is 5.91 Å². The molecule has 0 atom stereocenters. The molecule has 1 saturated heterocycles. The van der Waals surface area contributed by atoms with Gasteiger partial charge in [0.05, 0.1) is 68.1 Å². The number of nitrogens with zero attached hydrogens (tertiary/aromatic N) is 7. The SMILES string of the molecule is CC(=N)/N=C(\S)NC(=O)c1ccccc1NC(=O)CCOCCOCCNC(=O)CN1CCN(c2ccc(Nc3ncc4c(C)c(C(C)=O)c(=O)n(C5CCCC5)c4n3)nc2)CC1. The number of Topliss-reactive ketones (excluding diaryl/α,β-unsaturated/α-hetero) is 1. The van der Waals surface area contributed by atoms with Crippen molar-refractivity contribution in [3.63, 3.8) is 0 Å².